The van der Waals surface area contributed by atoms with Crippen LogP contribution in [0.2, 0.25) is 0 Å². The van der Waals surface area contributed by atoms with Crippen molar-refractivity contribution in [2.24, 2.45) is 0 Å². The maximum Gasteiger partial charge on any atom is 0.255 e. The van der Waals surface area contributed by atoms with E-state index in [2.05, 4.69) is 5.32 Å². The summed E-state index contributed by atoms with van der Waals surface area (Å²) in [6.45, 7) is 2.51. The van der Waals surface area contributed by atoms with Crippen LogP contribution in [0.5, 0.6) is 17.2 Å². The SMILES string of the molecule is C/C=C/CCNC(=O)c1cc(OC)c(OC)cc1OC. The molecular formula is C15H21NO4. The number of benzene rings is 1. The molecule has 1 amide bonds. The zero-order valence-corrected chi connectivity index (χ0v) is 12.4. The van der Waals surface area contributed by atoms with E-state index in [1.165, 1.54) is 21.3 Å². The predicted molar refractivity (Wildman–Crippen MR) is 77.9 cm³/mol. The van der Waals surface area contributed by atoms with Crippen LogP contribution in [0.1, 0.15) is 23.7 Å². The zero-order valence-electron chi connectivity index (χ0n) is 12.4. The third-order valence-corrected chi connectivity index (χ3v) is 2.78. The van der Waals surface area contributed by atoms with Crippen molar-refractivity contribution < 1.29 is 19.0 Å². The number of hydrogen-bond donors (Lipinski definition) is 1. The van der Waals surface area contributed by atoms with Gasteiger partial charge in [0.2, 0.25) is 0 Å². The highest BCUT2D eigenvalue weighted by molar-refractivity contribution is 5.97. The van der Waals surface area contributed by atoms with E-state index in [1.807, 2.05) is 19.1 Å². The Kier molecular flexibility index (Phi) is 6.43. The lowest BCUT2D eigenvalue weighted by Gasteiger charge is -2.13. The highest BCUT2D eigenvalue weighted by Gasteiger charge is 2.17. The Morgan fingerprint density at radius 3 is 2.25 bits per heavy atom. The van der Waals surface area contributed by atoms with Crippen LogP contribution in [0.15, 0.2) is 24.3 Å². The molecular weight excluding hydrogens is 258 g/mol. The quantitative estimate of drug-likeness (QED) is 0.615. The van der Waals surface area contributed by atoms with Crippen LogP contribution in [0, 0.1) is 0 Å². The Morgan fingerprint density at radius 1 is 1.10 bits per heavy atom. The van der Waals surface area contributed by atoms with Crippen molar-refractivity contribution in [1.29, 1.82) is 0 Å². The number of ether oxygens (including phenoxy) is 3. The minimum Gasteiger partial charge on any atom is -0.496 e. The monoisotopic (exact) mass is 279 g/mol. The Bertz CT molecular complexity index is 483. The van der Waals surface area contributed by atoms with Crippen molar-refractivity contribution in [1.82, 2.24) is 5.32 Å². The number of carbonyl (C=O) groups excluding carboxylic acids is 1. The third-order valence-electron chi connectivity index (χ3n) is 2.78. The lowest BCUT2D eigenvalue weighted by Crippen LogP contribution is -2.24. The van der Waals surface area contributed by atoms with Gasteiger partial charge in [0.05, 0.1) is 26.9 Å². The van der Waals surface area contributed by atoms with Gasteiger partial charge in [0.25, 0.3) is 5.91 Å². The Labute approximate surface area is 119 Å². The van der Waals surface area contributed by atoms with E-state index < -0.39 is 0 Å². The fraction of sp³-hybridized carbons (Fsp3) is 0.400. The van der Waals surface area contributed by atoms with Gasteiger partial charge < -0.3 is 19.5 Å². The first-order chi connectivity index (χ1) is 9.67. The van der Waals surface area contributed by atoms with Crippen LogP contribution in [0.4, 0.5) is 0 Å². The second-order valence-electron chi connectivity index (χ2n) is 4.02. The second kappa shape index (κ2) is 8.09. The molecule has 1 aromatic rings. The molecule has 0 bridgehead atoms. The number of methoxy groups -OCH3 is 3. The van der Waals surface area contributed by atoms with E-state index in [9.17, 15) is 4.79 Å². The maximum atomic E-state index is 12.1. The maximum absolute atomic E-state index is 12.1. The molecule has 0 aliphatic carbocycles. The normalized spacial score (nSPS) is 10.4. The molecule has 1 rings (SSSR count). The summed E-state index contributed by atoms with van der Waals surface area (Å²) in [6, 6.07) is 3.25. The lowest BCUT2D eigenvalue weighted by atomic mass is 10.1. The highest BCUT2D eigenvalue weighted by atomic mass is 16.5. The number of allylic oxidation sites excluding steroid dienone is 1. The van der Waals surface area contributed by atoms with Gasteiger partial charge >= 0.3 is 0 Å². The van der Waals surface area contributed by atoms with Crippen LogP contribution in [-0.2, 0) is 0 Å². The molecule has 0 saturated heterocycles. The van der Waals surface area contributed by atoms with Crippen LogP contribution in [0.3, 0.4) is 0 Å². The van der Waals surface area contributed by atoms with E-state index >= 15 is 0 Å². The molecule has 0 heterocycles. The van der Waals surface area contributed by atoms with Gasteiger partial charge in [0.1, 0.15) is 5.75 Å². The van der Waals surface area contributed by atoms with Gasteiger partial charge in [0, 0.05) is 18.7 Å². The largest absolute Gasteiger partial charge is 0.496 e. The summed E-state index contributed by atoms with van der Waals surface area (Å²) in [6.07, 6.45) is 4.73. The topological polar surface area (TPSA) is 56.8 Å². The van der Waals surface area contributed by atoms with Gasteiger partial charge in [-0.25, -0.2) is 0 Å². The van der Waals surface area contributed by atoms with E-state index in [0.29, 0.717) is 29.4 Å². The Balaban J connectivity index is 2.94. The van der Waals surface area contributed by atoms with Gasteiger partial charge in [-0.2, -0.15) is 0 Å². The van der Waals surface area contributed by atoms with E-state index in [4.69, 9.17) is 14.2 Å². The van der Waals surface area contributed by atoms with Crippen molar-refractivity contribution in [3.05, 3.63) is 29.8 Å². The molecule has 0 radical (unpaired) electrons. The molecule has 5 heteroatoms. The molecule has 110 valence electrons. The molecule has 1 N–H and O–H groups in total. The fourth-order valence-corrected chi connectivity index (χ4v) is 1.74. The highest BCUT2D eigenvalue weighted by Crippen LogP contribution is 2.34. The third kappa shape index (κ3) is 3.91. The molecule has 20 heavy (non-hydrogen) atoms. The first-order valence-corrected chi connectivity index (χ1v) is 6.37. The molecule has 0 atom stereocenters. The van der Waals surface area contributed by atoms with Crippen LogP contribution in [0.25, 0.3) is 0 Å². The summed E-state index contributed by atoms with van der Waals surface area (Å²) in [5.41, 5.74) is 0.422. The van der Waals surface area contributed by atoms with E-state index in [-0.39, 0.29) is 5.91 Å². The summed E-state index contributed by atoms with van der Waals surface area (Å²) in [5.74, 6) is 1.26. The van der Waals surface area contributed by atoms with Crippen molar-refractivity contribution in [2.45, 2.75) is 13.3 Å². The zero-order chi connectivity index (χ0) is 15.0. The molecule has 0 aliphatic heterocycles. The van der Waals surface area contributed by atoms with Crippen molar-refractivity contribution >= 4 is 5.91 Å². The minimum atomic E-state index is -0.202. The van der Waals surface area contributed by atoms with Crippen molar-refractivity contribution in [2.75, 3.05) is 27.9 Å². The average Bonchev–Trinajstić information content (AvgIpc) is 2.49. The number of rotatable bonds is 7. The van der Waals surface area contributed by atoms with Gasteiger partial charge in [-0.15, -0.1) is 0 Å². The fourth-order valence-electron chi connectivity index (χ4n) is 1.74. The van der Waals surface area contributed by atoms with Crippen LogP contribution < -0.4 is 19.5 Å². The Hall–Kier alpha value is -2.17. The Morgan fingerprint density at radius 2 is 1.70 bits per heavy atom. The number of amides is 1. The standard InChI is InChI=1S/C15H21NO4/c1-5-6-7-8-16-15(17)11-9-13(19-3)14(20-4)10-12(11)18-2/h5-6,9-10H,7-8H2,1-4H3,(H,16,17)/b6-5+. The molecule has 0 saturated carbocycles. The lowest BCUT2D eigenvalue weighted by molar-refractivity contribution is 0.0951. The first kappa shape index (κ1) is 15.9. The summed E-state index contributed by atoms with van der Waals surface area (Å²) in [5, 5.41) is 2.83. The number of nitrogens with one attached hydrogen (secondary N) is 1. The summed E-state index contributed by atoms with van der Waals surface area (Å²) in [7, 11) is 4.57. The molecule has 0 unspecified atom stereocenters. The molecule has 0 fully saturated rings. The molecule has 0 spiro atoms. The van der Waals surface area contributed by atoms with Crippen LogP contribution in [-0.4, -0.2) is 33.8 Å². The number of hydrogen-bond acceptors (Lipinski definition) is 4. The molecule has 1 aromatic carbocycles. The molecule has 0 aromatic heterocycles. The minimum absolute atomic E-state index is 0.202. The van der Waals surface area contributed by atoms with Crippen LogP contribution >= 0.6 is 0 Å². The number of carbonyl (C=O) groups is 1. The van der Waals surface area contributed by atoms with Crippen molar-refractivity contribution in [3.63, 3.8) is 0 Å². The predicted octanol–water partition coefficient (Wildman–Crippen LogP) is 2.41. The summed E-state index contributed by atoms with van der Waals surface area (Å²) in [4.78, 5) is 12.1. The second-order valence-corrected chi connectivity index (χ2v) is 4.02. The van der Waals surface area contributed by atoms with Gasteiger partial charge in [-0.05, 0) is 13.3 Å². The van der Waals surface area contributed by atoms with Crippen molar-refractivity contribution in [3.8, 4) is 17.2 Å². The first-order valence-electron chi connectivity index (χ1n) is 6.37. The van der Waals surface area contributed by atoms with Gasteiger partial charge in [-0.1, -0.05) is 12.2 Å². The molecule has 5 nitrogen and oxygen atoms in total. The van der Waals surface area contributed by atoms with E-state index in [0.717, 1.165) is 6.42 Å². The summed E-state index contributed by atoms with van der Waals surface area (Å²) >= 11 is 0. The van der Waals surface area contributed by atoms with Gasteiger partial charge in [-0.3, -0.25) is 4.79 Å². The summed E-state index contributed by atoms with van der Waals surface area (Å²) < 4.78 is 15.6. The molecule has 0 aliphatic rings. The smallest absolute Gasteiger partial charge is 0.255 e. The van der Waals surface area contributed by atoms with E-state index in [1.54, 1.807) is 12.1 Å². The van der Waals surface area contributed by atoms with Gasteiger partial charge in [0.15, 0.2) is 11.5 Å². The average molecular weight is 279 g/mol.